The van der Waals surface area contributed by atoms with Gasteiger partial charge in [-0.3, -0.25) is 4.79 Å². The van der Waals surface area contributed by atoms with E-state index in [2.05, 4.69) is 16.2 Å². The summed E-state index contributed by atoms with van der Waals surface area (Å²) in [6.45, 7) is 3.12. The van der Waals surface area contributed by atoms with E-state index >= 15 is 0 Å². The standard InChI is InChI=1S/C19H17Cl3N4O/c1-11-15(19(27)25-8-3-2-4-9-25)17(12-6-5-7-13(20)16(12)22)26-18(24-11)14(21)10-23-26/h2-3,5-7,10,15,17H,4,8-9H2,1H3. The van der Waals surface area contributed by atoms with Crippen LogP contribution in [0.25, 0.3) is 0 Å². The van der Waals surface area contributed by atoms with Gasteiger partial charge in [-0.05, 0) is 25.0 Å². The van der Waals surface area contributed by atoms with Crippen molar-refractivity contribution in [3.8, 4) is 0 Å². The molecule has 3 heterocycles. The Bertz CT molecular complexity index is 966. The van der Waals surface area contributed by atoms with Crippen LogP contribution in [-0.2, 0) is 4.79 Å². The second-order valence-electron chi connectivity index (χ2n) is 6.62. The Balaban J connectivity index is 1.86. The molecule has 0 N–H and O–H groups in total. The van der Waals surface area contributed by atoms with Gasteiger partial charge in [0.15, 0.2) is 5.82 Å². The molecule has 27 heavy (non-hydrogen) atoms. The summed E-state index contributed by atoms with van der Waals surface area (Å²) in [5.74, 6) is -0.00681. The Morgan fingerprint density at radius 3 is 2.74 bits per heavy atom. The highest BCUT2D eigenvalue weighted by atomic mass is 35.5. The molecule has 2 aliphatic rings. The first-order valence-corrected chi connectivity index (χ1v) is 9.78. The molecule has 0 radical (unpaired) electrons. The highest BCUT2D eigenvalue weighted by Crippen LogP contribution is 2.43. The van der Waals surface area contributed by atoms with Gasteiger partial charge in [0.1, 0.15) is 10.9 Å². The molecule has 2 aromatic rings. The van der Waals surface area contributed by atoms with Crippen molar-refractivity contribution in [2.24, 2.45) is 10.9 Å². The van der Waals surface area contributed by atoms with Crippen LogP contribution < -0.4 is 0 Å². The maximum Gasteiger partial charge on any atom is 0.234 e. The molecule has 0 saturated heterocycles. The monoisotopic (exact) mass is 422 g/mol. The Morgan fingerprint density at radius 1 is 1.19 bits per heavy atom. The van der Waals surface area contributed by atoms with Gasteiger partial charge in [-0.1, -0.05) is 59.1 Å². The molecule has 0 aliphatic carbocycles. The minimum atomic E-state index is -0.532. The van der Waals surface area contributed by atoms with Gasteiger partial charge in [0.2, 0.25) is 5.91 Å². The van der Waals surface area contributed by atoms with Crippen molar-refractivity contribution in [2.75, 3.05) is 13.1 Å². The van der Waals surface area contributed by atoms with Crippen molar-refractivity contribution in [3.63, 3.8) is 0 Å². The first-order valence-electron chi connectivity index (χ1n) is 8.65. The summed E-state index contributed by atoms with van der Waals surface area (Å²) >= 11 is 19.0. The Kier molecular flexibility index (Phi) is 5.01. The van der Waals surface area contributed by atoms with E-state index in [9.17, 15) is 4.79 Å². The third-order valence-electron chi connectivity index (χ3n) is 4.97. The number of nitrogens with zero attached hydrogens (tertiary/aromatic N) is 4. The quantitative estimate of drug-likeness (QED) is 0.642. The molecule has 1 aromatic carbocycles. The number of fused-ring (bicyclic) bond motifs is 1. The van der Waals surface area contributed by atoms with Gasteiger partial charge >= 0.3 is 0 Å². The lowest BCUT2D eigenvalue weighted by Gasteiger charge is -2.35. The first kappa shape index (κ1) is 18.5. The summed E-state index contributed by atoms with van der Waals surface area (Å²) in [6, 6.07) is 4.95. The van der Waals surface area contributed by atoms with Crippen molar-refractivity contribution in [2.45, 2.75) is 19.4 Å². The van der Waals surface area contributed by atoms with Gasteiger partial charge in [-0.2, -0.15) is 5.10 Å². The van der Waals surface area contributed by atoms with E-state index in [0.29, 0.717) is 39.7 Å². The van der Waals surface area contributed by atoms with Crippen LogP contribution in [0.15, 0.2) is 41.5 Å². The number of amides is 1. The van der Waals surface area contributed by atoms with Gasteiger partial charge in [0.25, 0.3) is 0 Å². The Labute approximate surface area is 172 Å². The number of hydrogen-bond acceptors (Lipinski definition) is 3. The fourth-order valence-electron chi connectivity index (χ4n) is 3.66. The average molecular weight is 424 g/mol. The van der Waals surface area contributed by atoms with Crippen LogP contribution >= 0.6 is 34.8 Å². The fourth-order valence-corrected chi connectivity index (χ4v) is 4.25. The normalized spacial score (nSPS) is 21.8. The first-order chi connectivity index (χ1) is 13.0. The number of carbonyl (C=O) groups excluding carboxylic acids is 1. The topological polar surface area (TPSA) is 50.5 Å². The van der Waals surface area contributed by atoms with Crippen molar-refractivity contribution in [3.05, 3.63) is 57.2 Å². The van der Waals surface area contributed by atoms with Crippen LogP contribution in [0.3, 0.4) is 0 Å². The summed E-state index contributed by atoms with van der Waals surface area (Å²) in [4.78, 5) is 19.8. The fraction of sp³-hybridized carbons (Fsp3) is 0.316. The van der Waals surface area contributed by atoms with E-state index in [-0.39, 0.29) is 5.91 Å². The molecule has 140 valence electrons. The second-order valence-corrected chi connectivity index (χ2v) is 7.82. The number of carbonyl (C=O) groups is 1. The summed E-state index contributed by atoms with van der Waals surface area (Å²) in [7, 11) is 0. The van der Waals surface area contributed by atoms with Crippen molar-refractivity contribution < 1.29 is 4.79 Å². The van der Waals surface area contributed by atoms with Crippen molar-refractivity contribution in [1.29, 1.82) is 0 Å². The molecule has 5 nitrogen and oxygen atoms in total. The predicted octanol–water partition coefficient (Wildman–Crippen LogP) is 4.94. The van der Waals surface area contributed by atoms with Crippen molar-refractivity contribution in [1.82, 2.24) is 14.7 Å². The van der Waals surface area contributed by atoms with E-state index < -0.39 is 12.0 Å². The summed E-state index contributed by atoms with van der Waals surface area (Å²) in [5.41, 5.74) is 1.41. The Morgan fingerprint density at radius 2 is 2.00 bits per heavy atom. The SMILES string of the molecule is CC1=Nc2c(Cl)cnn2C(c2cccc(Cl)c2Cl)C1C(=O)N1CC=CCC1. The minimum absolute atomic E-state index is 0.00100. The summed E-state index contributed by atoms with van der Waals surface area (Å²) < 4.78 is 1.68. The predicted molar refractivity (Wildman–Crippen MR) is 108 cm³/mol. The number of rotatable bonds is 2. The van der Waals surface area contributed by atoms with E-state index in [4.69, 9.17) is 34.8 Å². The zero-order chi connectivity index (χ0) is 19.1. The van der Waals surface area contributed by atoms with Crippen LogP contribution in [0.5, 0.6) is 0 Å². The maximum absolute atomic E-state index is 13.4. The highest BCUT2D eigenvalue weighted by Gasteiger charge is 2.41. The maximum atomic E-state index is 13.4. The number of hydrogen-bond donors (Lipinski definition) is 0. The van der Waals surface area contributed by atoms with E-state index in [1.807, 2.05) is 30.0 Å². The molecular weight excluding hydrogens is 407 g/mol. The van der Waals surface area contributed by atoms with Gasteiger partial charge in [0, 0.05) is 18.8 Å². The van der Waals surface area contributed by atoms with Crippen LogP contribution in [-0.4, -0.2) is 39.4 Å². The molecule has 4 rings (SSSR count). The smallest absolute Gasteiger partial charge is 0.234 e. The highest BCUT2D eigenvalue weighted by molar-refractivity contribution is 6.42. The molecule has 1 aromatic heterocycles. The van der Waals surface area contributed by atoms with Crippen LogP contribution in [0.1, 0.15) is 24.9 Å². The molecule has 2 atom stereocenters. The van der Waals surface area contributed by atoms with Crippen molar-refractivity contribution >= 4 is 52.2 Å². The lowest BCUT2D eigenvalue weighted by Crippen LogP contribution is -2.45. The molecule has 2 aliphatic heterocycles. The number of halogens is 3. The Hall–Kier alpha value is -1.82. The van der Waals surface area contributed by atoms with Crippen LogP contribution in [0.4, 0.5) is 5.82 Å². The van der Waals surface area contributed by atoms with Gasteiger partial charge in [0.05, 0.1) is 22.3 Å². The minimum Gasteiger partial charge on any atom is -0.338 e. The second kappa shape index (κ2) is 7.30. The number of aliphatic imine (C=N–C) groups is 1. The zero-order valence-corrected chi connectivity index (χ0v) is 16.8. The molecule has 0 fully saturated rings. The largest absolute Gasteiger partial charge is 0.338 e. The average Bonchev–Trinajstić information content (AvgIpc) is 3.04. The summed E-state index contributed by atoms with van der Waals surface area (Å²) in [5, 5.41) is 5.66. The third-order valence-corrected chi connectivity index (χ3v) is 6.07. The molecule has 1 amide bonds. The molecule has 0 bridgehead atoms. The van der Waals surface area contributed by atoms with Gasteiger partial charge in [-0.15, -0.1) is 0 Å². The molecular formula is C19H17Cl3N4O. The van der Waals surface area contributed by atoms with Gasteiger partial charge < -0.3 is 4.90 Å². The van der Waals surface area contributed by atoms with E-state index in [0.717, 1.165) is 12.0 Å². The molecule has 2 unspecified atom stereocenters. The van der Waals surface area contributed by atoms with Gasteiger partial charge in [-0.25, -0.2) is 9.67 Å². The van der Waals surface area contributed by atoms with Crippen LogP contribution in [0, 0.1) is 5.92 Å². The lowest BCUT2D eigenvalue weighted by atomic mass is 9.86. The lowest BCUT2D eigenvalue weighted by molar-refractivity contribution is -0.134. The number of aromatic nitrogens is 2. The zero-order valence-electron chi connectivity index (χ0n) is 14.6. The third kappa shape index (κ3) is 3.18. The van der Waals surface area contributed by atoms with E-state index in [1.165, 1.54) is 6.20 Å². The number of benzene rings is 1. The van der Waals surface area contributed by atoms with E-state index in [1.54, 1.807) is 10.7 Å². The van der Waals surface area contributed by atoms with Crippen LogP contribution in [0.2, 0.25) is 15.1 Å². The summed E-state index contributed by atoms with van der Waals surface area (Å²) in [6.07, 6.45) is 6.47. The molecule has 0 spiro atoms. The molecule has 0 saturated carbocycles. The molecule has 8 heteroatoms.